The van der Waals surface area contributed by atoms with E-state index >= 15 is 0 Å². The van der Waals surface area contributed by atoms with Gasteiger partial charge in [0.25, 0.3) is 0 Å². The highest BCUT2D eigenvalue weighted by Crippen LogP contribution is 2.37. The van der Waals surface area contributed by atoms with E-state index in [1.54, 1.807) is 0 Å². The van der Waals surface area contributed by atoms with Gasteiger partial charge in [0.05, 0.1) is 18.3 Å². The van der Waals surface area contributed by atoms with Gasteiger partial charge in [-0.15, -0.1) is 10.2 Å². The Morgan fingerprint density at radius 3 is 2.61 bits per heavy atom. The van der Waals surface area contributed by atoms with E-state index < -0.39 is 0 Å². The number of nitrogens with zero attached hydrogens (tertiary/aromatic N) is 4. The molecule has 1 aliphatic carbocycles. The normalized spacial score (nSPS) is 20.8. The Kier molecular flexibility index (Phi) is 5.31. The van der Waals surface area contributed by atoms with Crippen LogP contribution in [0.5, 0.6) is 5.75 Å². The molecule has 6 heteroatoms. The molecule has 168 valence electrons. The summed E-state index contributed by atoms with van der Waals surface area (Å²) in [4.78, 5) is 2.27. The van der Waals surface area contributed by atoms with Gasteiger partial charge >= 0.3 is 0 Å². The molecule has 0 radical (unpaired) electrons. The molecule has 0 N–H and O–H groups in total. The fraction of sp³-hybridized carbons (Fsp3) is 0.333. The highest BCUT2D eigenvalue weighted by molar-refractivity contribution is 6.30. The van der Waals surface area contributed by atoms with Gasteiger partial charge in [-0.2, -0.15) is 0 Å². The zero-order chi connectivity index (χ0) is 22.4. The molecule has 1 aliphatic heterocycles. The molecule has 2 heterocycles. The molecular formula is C27H27ClN4O. The largest absolute Gasteiger partial charge is 0.490 e. The van der Waals surface area contributed by atoms with Crippen molar-refractivity contribution in [2.75, 3.05) is 7.05 Å². The number of halogens is 1. The summed E-state index contributed by atoms with van der Waals surface area (Å²) in [5.74, 6) is 3.45. The van der Waals surface area contributed by atoms with Crippen molar-refractivity contribution in [1.82, 2.24) is 19.7 Å². The topological polar surface area (TPSA) is 43.2 Å². The fourth-order valence-corrected chi connectivity index (χ4v) is 5.56. The molecule has 0 unspecified atom stereocenters. The van der Waals surface area contributed by atoms with E-state index in [-0.39, 0.29) is 6.10 Å². The highest BCUT2D eigenvalue weighted by atomic mass is 35.5. The lowest BCUT2D eigenvalue weighted by Crippen LogP contribution is -2.25. The van der Waals surface area contributed by atoms with Gasteiger partial charge in [-0.1, -0.05) is 48.0 Å². The molecule has 0 atom stereocenters. The van der Waals surface area contributed by atoms with Crippen LogP contribution in [-0.2, 0) is 13.1 Å². The second kappa shape index (κ2) is 8.47. The lowest BCUT2D eigenvalue weighted by atomic mass is 9.86. The van der Waals surface area contributed by atoms with Crippen molar-refractivity contribution in [3.05, 3.63) is 82.9 Å². The van der Waals surface area contributed by atoms with E-state index in [1.807, 2.05) is 6.07 Å². The van der Waals surface area contributed by atoms with Gasteiger partial charge in [0.1, 0.15) is 11.6 Å². The SMILES string of the molecule is CN1Cc2cc(Cl)ccc2-n2c(nnc2C2CCC(Oc3cccc4ccccc34)CC2)C1. The van der Waals surface area contributed by atoms with Gasteiger partial charge in [0, 0.05) is 22.9 Å². The third-order valence-corrected chi connectivity index (χ3v) is 7.21. The van der Waals surface area contributed by atoms with Crippen LogP contribution in [0.25, 0.3) is 16.5 Å². The fourth-order valence-electron chi connectivity index (χ4n) is 5.36. The zero-order valence-electron chi connectivity index (χ0n) is 18.7. The maximum atomic E-state index is 6.49. The standard InChI is InChI=1S/C27H27ClN4O/c1-31-16-20-15-21(28)11-14-24(20)32-26(17-31)29-30-27(32)19-9-12-22(13-10-19)33-25-8-4-6-18-5-2-3-7-23(18)25/h2-8,11,14-15,19,22H,9-10,12-13,16-17H2,1H3. The molecule has 5 nitrogen and oxygen atoms in total. The lowest BCUT2D eigenvalue weighted by Gasteiger charge is -2.29. The molecule has 33 heavy (non-hydrogen) atoms. The van der Waals surface area contributed by atoms with E-state index in [9.17, 15) is 0 Å². The molecule has 1 saturated carbocycles. The van der Waals surface area contributed by atoms with E-state index in [4.69, 9.17) is 16.3 Å². The maximum Gasteiger partial charge on any atom is 0.151 e. The zero-order valence-corrected chi connectivity index (χ0v) is 19.5. The monoisotopic (exact) mass is 458 g/mol. The van der Waals surface area contributed by atoms with Crippen LogP contribution in [0.1, 0.15) is 48.8 Å². The third-order valence-electron chi connectivity index (χ3n) is 6.97. The van der Waals surface area contributed by atoms with Gasteiger partial charge in [0.15, 0.2) is 5.82 Å². The summed E-state index contributed by atoms with van der Waals surface area (Å²) in [6.45, 7) is 1.63. The molecule has 4 aromatic rings. The van der Waals surface area contributed by atoms with E-state index in [1.165, 1.54) is 16.3 Å². The minimum absolute atomic E-state index is 0.232. The molecule has 0 amide bonds. The molecule has 0 saturated heterocycles. The van der Waals surface area contributed by atoms with Gasteiger partial charge in [-0.3, -0.25) is 9.47 Å². The van der Waals surface area contributed by atoms with Crippen molar-refractivity contribution in [1.29, 1.82) is 0 Å². The lowest BCUT2D eigenvalue weighted by molar-refractivity contribution is 0.146. The Balaban J connectivity index is 1.23. The molecule has 2 aliphatic rings. The number of benzene rings is 3. The quantitative estimate of drug-likeness (QED) is 0.370. The first-order chi connectivity index (χ1) is 16.2. The van der Waals surface area contributed by atoms with Crippen LogP contribution in [0.4, 0.5) is 0 Å². The van der Waals surface area contributed by atoms with Crippen LogP contribution in [0.15, 0.2) is 60.7 Å². The Labute approximate surface area is 199 Å². The van der Waals surface area contributed by atoms with Crippen molar-refractivity contribution in [3.8, 4) is 11.4 Å². The number of aromatic nitrogens is 3. The molecule has 1 aromatic heterocycles. The van der Waals surface area contributed by atoms with Crippen LogP contribution in [0, 0.1) is 0 Å². The number of fused-ring (bicyclic) bond motifs is 4. The van der Waals surface area contributed by atoms with E-state index in [0.717, 1.165) is 66.9 Å². The second-order valence-electron chi connectivity index (χ2n) is 9.32. The summed E-state index contributed by atoms with van der Waals surface area (Å²) in [7, 11) is 2.12. The minimum atomic E-state index is 0.232. The summed E-state index contributed by atoms with van der Waals surface area (Å²) in [6, 6.07) is 20.9. The first-order valence-electron chi connectivity index (χ1n) is 11.7. The third kappa shape index (κ3) is 3.90. The first kappa shape index (κ1) is 20.7. The van der Waals surface area contributed by atoms with Crippen LogP contribution < -0.4 is 4.74 Å². The van der Waals surface area contributed by atoms with Crippen LogP contribution in [0.2, 0.25) is 5.02 Å². The number of hydrogen-bond donors (Lipinski definition) is 0. The van der Waals surface area contributed by atoms with Crippen molar-refractivity contribution < 1.29 is 4.74 Å². The molecule has 0 bridgehead atoms. The van der Waals surface area contributed by atoms with Crippen LogP contribution in [-0.4, -0.2) is 32.8 Å². The van der Waals surface area contributed by atoms with Crippen molar-refractivity contribution in [2.24, 2.45) is 0 Å². The molecule has 1 fully saturated rings. The summed E-state index contributed by atoms with van der Waals surface area (Å²) in [5.41, 5.74) is 2.38. The highest BCUT2D eigenvalue weighted by Gasteiger charge is 2.30. The molecule has 0 spiro atoms. The van der Waals surface area contributed by atoms with Gasteiger partial charge < -0.3 is 4.74 Å². The summed E-state index contributed by atoms with van der Waals surface area (Å²) in [5, 5.41) is 12.4. The number of rotatable bonds is 3. The number of ether oxygens (including phenoxy) is 1. The van der Waals surface area contributed by atoms with Crippen molar-refractivity contribution in [2.45, 2.75) is 50.8 Å². The summed E-state index contributed by atoms with van der Waals surface area (Å²) >= 11 is 6.31. The van der Waals surface area contributed by atoms with Crippen LogP contribution >= 0.6 is 11.6 Å². The smallest absolute Gasteiger partial charge is 0.151 e. The minimum Gasteiger partial charge on any atom is -0.490 e. The van der Waals surface area contributed by atoms with E-state index in [0.29, 0.717) is 5.92 Å². The Morgan fingerprint density at radius 2 is 1.73 bits per heavy atom. The van der Waals surface area contributed by atoms with Crippen LogP contribution in [0.3, 0.4) is 0 Å². The Morgan fingerprint density at radius 1 is 0.909 bits per heavy atom. The predicted octanol–water partition coefficient (Wildman–Crippen LogP) is 6.12. The summed E-state index contributed by atoms with van der Waals surface area (Å²) < 4.78 is 8.77. The van der Waals surface area contributed by atoms with Gasteiger partial charge in [0.2, 0.25) is 0 Å². The van der Waals surface area contributed by atoms with Gasteiger partial charge in [-0.05, 0) is 67.9 Å². The molecule has 6 rings (SSSR count). The average Bonchev–Trinajstić information content (AvgIpc) is 3.17. The summed E-state index contributed by atoms with van der Waals surface area (Å²) in [6.07, 6.45) is 4.36. The number of hydrogen-bond acceptors (Lipinski definition) is 4. The Hall–Kier alpha value is -2.89. The average molecular weight is 459 g/mol. The van der Waals surface area contributed by atoms with Crippen molar-refractivity contribution >= 4 is 22.4 Å². The molecular weight excluding hydrogens is 432 g/mol. The van der Waals surface area contributed by atoms with E-state index in [2.05, 4.69) is 81.3 Å². The maximum absolute atomic E-state index is 6.49. The second-order valence-corrected chi connectivity index (χ2v) is 9.76. The first-order valence-corrected chi connectivity index (χ1v) is 12.1. The van der Waals surface area contributed by atoms with Crippen molar-refractivity contribution in [3.63, 3.8) is 0 Å². The predicted molar refractivity (Wildman–Crippen MR) is 131 cm³/mol. The Bertz CT molecular complexity index is 1300. The molecule has 3 aromatic carbocycles. The van der Waals surface area contributed by atoms with Gasteiger partial charge in [-0.25, -0.2) is 0 Å².